The minimum atomic E-state index is -0.294. The summed E-state index contributed by atoms with van der Waals surface area (Å²) in [6.07, 6.45) is 1.92. The molecule has 0 atom stereocenters. The van der Waals surface area contributed by atoms with Gasteiger partial charge in [0.1, 0.15) is 11.5 Å². The van der Waals surface area contributed by atoms with Crippen molar-refractivity contribution in [2.75, 3.05) is 0 Å². The van der Waals surface area contributed by atoms with E-state index in [9.17, 15) is 4.79 Å². The van der Waals surface area contributed by atoms with Crippen LogP contribution in [0.5, 0.6) is 11.5 Å². The average molecular weight is 290 g/mol. The summed E-state index contributed by atoms with van der Waals surface area (Å²) in [5, 5.41) is 0. The SMILES string of the molecule is CC=C(C)Oc1cc(C(C)C)c(OC(C)=O)c(C(C)C)c1. The molecule has 1 aromatic carbocycles. The van der Waals surface area contributed by atoms with Gasteiger partial charge in [-0.25, -0.2) is 0 Å². The molecule has 0 aromatic heterocycles. The first kappa shape index (κ1) is 17.3. The van der Waals surface area contributed by atoms with E-state index in [0.29, 0.717) is 5.75 Å². The molecule has 1 aromatic rings. The Labute approximate surface area is 128 Å². The van der Waals surface area contributed by atoms with Crippen LogP contribution in [-0.2, 0) is 4.79 Å². The van der Waals surface area contributed by atoms with Crippen LogP contribution in [0.3, 0.4) is 0 Å². The fourth-order valence-electron chi connectivity index (χ4n) is 2.07. The smallest absolute Gasteiger partial charge is 0.308 e. The zero-order valence-corrected chi connectivity index (χ0v) is 14.1. The number of ether oxygens (including phenoxy) is 2. The Balaban J connectivity index is 3.44. The lowest BCUT2D eigenvalue weighted by atomic mass is 9.93. The third kappa shape index (κ3) is 4.62. The monoisotopic (exact) mass is 290 g/mol. The molecule has 1 rings (SSSR count). The molecule has 0 N–H and O–H groups in total. The van der Waals surface area contributed by atoms with Gasteiger partial charge in [0.25, 0.3) is 0 Å². The number of carbonyl (C=O) groups excluding carboxylic acids is 1. The second-order valence-electron chi connectivity index (χ2n) is 5.84. The normalized spacial score (nSPS) is 12.0. The molecule has 0 heterocycles. The van der Waals surface area contributed by atoms with Gasteiger partial charge in [-0.1, -0.05) is 27.7 Å². The van der Waals surface area contributed by atoms with E-state index in [4.69, 9.17) is 9.47 Å². The second kappa shape index (κ2) is 7.30. The number of carbonyl (C=O) groups is 1. The number of hydrogen-bond acceptors (Lipinski definition) is 3. The zero-order valence-electron chi connectivity index (χ0n) is 14.1. The third-order valence-corrected chi connectivity index (χ3v) is 3.30. The number of benzene rings is 1. The molecule has 0 spiro atoms. The molecular weight excluding hydrogens is 264 g/mol. The molecule has 0 radical (unpaired) electrons. The molecule has 0 aliphatic rings. The summed E-state index contributed by atoms with van der Waals surface area (Å²) in [5.41, 5.74) is 1.99. The second-order valence-corrected chi connectivity index (χ2v) is 5.84. The number of esters is 1. The molecule has 0 unspecified atom stereocenters. The van der Waals surface area contributed by atoms with E-state index in [1.165, 1.54) is 6.92 Å². The van der Waals surface area contributed by atoms with E-state index in [1.807, 2.05) is 32.1 Å². The van der Waals surface area contributed by atoms with Gasteiger partial charge in [0.2, 0.25) is 0 Å². The minimum absolute atomic E-state index is 0.242. The highest BCUT2D eigenvalue weighted by Crippen LogP contribution is 2.38. The summed E-state index contributed by atoms with van der Waals surface area (Å²) in [4.78, 5) is 11.4. The van der Waals surface area contributed by atoms with Gasteiger partial charge in [-0.3, -0.25) is 4.79 Å². The lowest BCUT2D eigenvalue weighted by Crippen LogP contribution is -2.09. The first-order valence-corrected chi connectivity index (χ1v) is 7.43. The fourth-order valence-corrected chi connectivity index (χ4v) is 2.07. The van der Waals surface area contributed by atoms with Gasteiger partial charge < -0.3 is 9.47 Å². The Hall–Kier alpha value is -1.77. The standard InChI is InChI=1S/C18H26O3/c1-8-13(6)20-15-9-16(11(2)3)18(21-14(7)19)17(10-15)12(4)5/h8-12H,1-7H3. The molecule has 0 saturated carbocycles. The molecule has 3 nitrogen and oxygen atoms in total. The van der Waals surface area contributed by atoms with Crippen LogP contribution in [0.25, 0.3) is 0 Å². The van der Waals surface area contributed by atoms with Crippen molar-refractivity contribution in [2.45, 2.75) is 60.3 Å². The summed E-state index contributed by atoms with van der Waals surface area (Å²) in [5.74, 6) is 2.50. The first-order chi connectivity index (χ1) is 9.76. The Bertz CT molecular complexity index is 510. The molecule has 3 heteroatoms. The van der Waals surface area contributed by atoms with Crippen LogP contribution in [0, 0.1) is 0 Å². The topological polar surface area (TPSA) is 35.5 Å². The van der Waals surface area contributed by atoms with Crippen molar-refractivity contribution in [1.29, 1.82) is 0 Å². The van der Waals surface area contributed by atoms with Crippen molar-refractivity contribution in [1.82, 2.24) is 0 Å². The molecule has 0 saturated heterocycles. The van der Waals surface area contributed by atoms with Gasteiger partial charge in [0.15, 0.2) is 0 Å². The molecule has 0 aliphatic carbocycles. The van der Waals surface area contributed by atoms with Gasteiger partial charge in [-0.05, 0) is 43.9 Å². The van der Waals surface area contributed by atoms with Crippen molar-refractivity contribution in [3.63, 3.8) is 0 Å². The van der Waals surface area contributed by atoms with Gasteiger partial charge in [-0.2, -0.15) is 0 Å². The maximum absolute atomic E-state index is 11.4. The van der Waals surface area contributed by atoms with Gasteiger partial charge >= 0.3 is 5.97 Å². The van der Waals surface area contributed by atoms with Crippen molar-refractivity contribution in [2.24, 2.45) is 0 Å². The van der Waals surface area contributed by atoms with Crippen LogP contribution in [0.15, 0.2) is 24.0 Å². The van der Waals surface area contributed by atoms with E-state index in [-0.39, 0.29) is 17.8 Å². The number of rotatable bonds is 5. The lowest BCUT2D eigenvalue weighted by molar-refractivity contribution is -0.132. The average Bonchev–Trinajstić information content (AvgIpc) is 2.38. The fraction of sp³-hybridized carbons (Fsp3) is 0.500. The Morgan fingerprint density at radius 2 is 1.48 bits per heavy atom. The van der Waals surface area contributed by atoms with E-state index in [0.717, 1.165) is 22.6 Å². The van der Waals surface area contributed by atoms with Crippen LogP contribution < -0.4 is 9.47 Å². The Morgan fingerprint density at radius 3 is 1.81 bits per heavy atom. The Kier molecular flexibility index (Phi) is 6.01. The summed E-state index contributed by atoms with van der Waals surface area (Å²) < 4.78 is 11.3. The highest BCUT2D eigenvalue weighted by Gasteiger charge is 2.19. The van der Waals surface area contributed by atoms with Crippen molar-refractivity contribution >= 4 is 5.97 Å². The van der Waals surface area contributed by atoms with E-state index < -0.39 is 0 Å². The molecule has 0 bridgehead atoms. The van der Waals surface area contributed by atoms with E-state index >= 15 is 0 Å². The molecule has 116 valence electrons. The maximum atomic E-state index is 11.4. The van der Waals surface area contributed by atoms with Gasteiger partial charge in [0, 0.05) is 18.1 Å². The summed E-state index contributed by atoms with van der Waals surface area (Å²) >= 11 is 0. The molecule has 21 heavy (non-hydrogen) atoms. The van der Waals surface area contributed by atoms with Crippen molar-refractivity contribution in [3.8, 4) is 11.5 Å². The predicted octanol–water partition coefficient (Wildman–Crippen LogP) is 5.16. The first-order valence-electron chi connectivity index (χ1n) is 7.43. The van der Waals surface area contributed by atoms with Crippen LogP contribution >= 0.6 is 0 Å². The number of allylic oxidation sites excluding steroid dienone is 2. The van der Waals surface area contributed by atoms with Crippen LogP contribution in [-0.4, -0.2) is 5.97 Å². The quantitative estimate of drug-likeness (QED) is 0.427. The maximum Gasteiger partial charge on any atom is 0.308 e. The van der Waals surface area contributed by atoms with Crippen LogP contribution in [0.1, 0.15) is 71.4 Å². The van der Waals surface area contributed by atoms with Crippen LogP contribution in [0.4, 0.5) is 0 Å². The van der Waals surface area contributed by atoms with Gasteiger partial charge in [-0.15, -0.1) is 0 Å². The van der Waals surface area contributed by atoms with E-state index in [1.54, 1.807) is 0 Å². The highest BCUT2D eigenvalue weighted by molar-refractivity contribution is 5.71. The third-order valence-electron chi connectivity index (χ3n) is 3.30. The summed E-state index contributed by atoms with van der Waals surface area (Å²) in [6.45, 7) is 13.6. The van der Waals surface area contributed by atoms with Crippen LogP contribution in [0.2, 0.25) is 0 Å². The van der Waals surface area contributed by atoms with E-state index in [2.05, 4.69) is 27.7 Å². The highest BCUT2D eigenvalue weighted by atomic mass is 16.5. The number of hydrogen-bond donors (Lipinski definition) is 0. The summed E-state index contributed by atoms with van der Waals surface area (Å²) in [7, 11) is 0. The van der Waals surface area contributed by atoms with Crippen molar-refractivity contribution < 1.29 is 14.3 Å². The van der Waals surface area contributed by atoms with Gasteiger partial charge in [0.05, 0.1) is 5.76 Å². The molecule has 0 aliphatic heterocycles. The minimum Gasteiger partial charge on any atom is -0.462 e. The molecule has 0 amide bonds. The summed E-state index contributed by atoms with van der Waals surface area (Å²) in [6, 6.07) is 3.92. The molecular formula is C18H26O3. The van der Waals surface area contributed by atoms with Crippen molar-refractivity contribution in [3.05, 3.63) is 35.1 Å². The molecule has 0 fully saturated rings. The predicted molar refractivity (Wildman–Crippen MR) is 86.0 cm³/mol. The largest absolute Gasteiger partial charge is 0.462 e. The zero-order chi connectivity index (χ0) is 16.2. The lowest BCUT2D eigenvalue weighted by Gasteiger charge is -2.20. The Morgan fingerprint density at radius 1 is 1.00 bits per heavy atom.